The molecule has 474 valence electrons. The summed E-state index contributed by atoms with van der Waals surface area (Å²) in [7, 11) is 0. The van der Waals surface area contributed by atoms with Crippen molar-refractivity contribution >= 4 is 17.9 Å². The van der Waals surface area contributed by atoms with Gasteiger partial charge in [0.05, 0.1) is 0 Å². The summed E-state index contributed by atoms with van der Waals surface area (Å²) in [5, 5.41) is 0. The molecule has 80 heavy (non-hydrogen) atoms. The molecule has 0 bridgehead atoms. The molecule has 6 nitrogen and oxygen atoms in total. The van der Waals surface area contributed by atoms with Gasteiger partial charge >= 0.3 is 17.9 Å². The summed E-state index contributed by atoms with van der Waals surface area (Å²) < 4.78 is 16.9. The highest BCUT2D eigenvalue weighted by Gasteiger charge is 2.20. The zero-order valence-electron chi connectivity index (χ0n) is 54.6. The predicted octanol–water partition coefficient (Wildman–Crippen LogP) is 25.2. The molecular formula is C74H142O6. The standard InChI is InChI=1S/C74H142O6/c1-4-7-10-13-16-19-21-23-25-27-29-31-32-33-34-35-36-37-38-39-40-41-42-44-45-47-49-51-53-55-58-61-64-67-73(76)79-70-71(69-78-72(75)66-63-60-57-18-15-12-9-6-3)80-74(77)68-65-62-59-56-54-52-50-48-46-43-30-28-26-24-22-20-17-14-11-8-5-2/h27,29,71H,4-26,28,30-70H2,1-3H3/b29-27-. The van der Waals surface area contributed by atoms with Crippen LogP contribution in [0.15, 0.2) is 12.2 Å². The van der Waals surface area contributed by atoms with Crippen molar-refractivity contribution in [1.29, 1.82) is 0 Å². The minimum atomic E-state index is -0.763. The number of hydrogen-bond donors (Lipinski definition) is 0. The van der Waals surface area contributed by atoms with Crippen molar-refractivity contribution in [2.45, 2.75) is 431 Å². The van der Waals surface area contributed by atoms with Gasteiger partial charge in [-0.1, -0.05) is 373 Å². The molecule has 0 spiro atoms. The summed E-state index contributed by atoms with van der Waals surface area (Å²) in [6.07, 6.45) is 84.3. The molecule has 0 fully saturated rings. The van der Waals surface area contributed by atoms with Crippen LogP contribution in [0.5, 0.6) is 0 Å². The fourth-order valence-electron chi connectivity index (χ4n) is 11.5. The largest absolute Gasteiger partial charge is 0.462 e. The Bertz CT molecular complexity index is 1250. The van der Waals surface area contributed by atoms with E-state index in [9.17, 15) is 14.4 Å². The van der Waals surface area contributed by atoms with Gasteiger partial charge in [0.1, 0.15) is 13.2 Å². The van der Waals surface area contributed by atoms with E-state index in [-0.39, 0.29) is 31.1 Å². The number of unbranched alkanes of at least 4 members (excludes halogenated alkanes) is 56. The molecular weight excluding hydrogens is 985 g/mol. The first-order valence-electron chi connectivity index (χ1n) is 36.7. The van der Waals surface area contributed by atoms with Crippen LogP contribution in [-0.4, -0.2) is 37.2 Å². The maximum absolute atomic E-state index is 12.9. The number of carbonyl (C=O) groups is 3. The van der Waals surface area contributed by atoms with E-state index in [1.54, 1.807) is 0 Å². The van der Waals surface area contributed by atoms with Gasteiger partial charge in [-0.2, -0.15) is 0 Å². The Morgan fingerprint density at radius 3 is 0.625 bits per heavy atom. The molecule has 0 aromatic heterocycles. The zero-order valence-corrected chi connectivity index (χ0v) is 54.6. The second kappa shape index (κ2) is 69.6. The maximum Gasteiger partial charge on any atom is 0.306 e. The Morgan fingerprint density at radius 1 is 0.237 bits per heavy atom. The van der Waals surface area contributed by atoms with Crippen LogP contribution in [0.25, 0.3) is 0 Å². The molecule has 0 aliphatic heterocycles. The van der Waals surface area contributed by atoms with Gasteiger partial charge in [-0.05, 0) is 44.9 Å². The van der Waals surface area contributed by atoms with Crippen molar-refractivity contribution in [3.05, 3.63) is 12.2 Å². The first-order chi connectivity index (χ1) is 39.5. The molecule has 0 aromatic rings. The van der Waals surface area contributed by atoms with Gasteiger partial charge in [0.2, 0.25) is 0 Å². The van der Waals surface area contributed by atoms with Crippen molar-refractivity contribution in [2.24, 2.45) is 0 Å². The van der Waals surface area contributed by atoms with Crippen LogP contribution in [0.3, 0.4) is 0 Å². The van der Waals surface area contributed by atoms with Gasteiger partial charge in [0, 0.05) is 19.3 Å². The van der Waals surface area contributed by atoms with E-state index in [0.29, 0.717) is 19.3 Å². The van der Waals surface area contributed by atoms with Gasteiger partial charge in [-0.15, -0.1) is 0 Å². The molecule has 0 heterocycles. The SMILES string of the molecule is CCCCCCCCCC/C=C\CCCCCCCCCCCCCCCCCCCCCCCC(=O)OCC(COC(=O)CCCCCCCCCC)OC(=O)CCCCCCCCCCCCCCCCCCCCCCC. The average molecular weight is 1130 g/mol. The highest BCUT2D eigenvalue weighted by Crippen LogP contribution is 2.19. The van der Waals surface area contributed by atoms with Crippen LogP contribution in [0.1, 0.15) is 425 Å². The molecule has 0 saturated heterocycles. The minimum Gasteiger partial charge on any atom is -0.462 e. The molecule has 0 radical (unpaired) electrons. The Kier molecular flexibility index (Phi) is 68.0. The number of esters is 3. The quantitative estimate of drug-likeness (QED) is 0.0261. The van der Waals surface area contributed by atoms with Crippen LogP contribution in [0.2, 0.25) is 0 Å². The summed E-state index contributed by atoms with van der Waals surface area (Å²) in [4.78, 5) is 38.2. The maximum atomic E-state index is 12.9. The lowest BCUT2D eigenvalue weighted by Gasteiger charge is -2.18. The predicted molar refractivity (Wildman–Crippen MR) is 349 cm³/mol. The highest BCUT2D eigenvalue weighted by molar-refractivity contribution is 5.71. The fraction of sp³-hybridized carbons (Fsp3) is 0.932. The minimum absolute atomic E-state index is 0.0623. The summed E-state index contributed by atoms with van der Waals surface area (Å²) in [5.74, 6) is -0.832. The lowest BCUT2D eigenvalue weighted by atomic mass is 10.0. The van der Waals surface area contributed by atoms with Crippen molar-refractivity contribution in [2.75, 3.05) is 13.2 Å². The van der Waals surface area contributed by atoms with Gasteiger partial charge in [0.15, 0.2) is 6.10 Å². The molecule has 0 N–H and O–H groups in total. The van der Waals surface area contributed by atoms with Gasteiger partial charge in [-0.3, -0.25) is 14.4 Å². The van der Waals surface area contributed by atoms with Crippen molar-refractivity contribution in [1.82, 2.24) is 0 Å². The van der Waals surface area contributed by atoms with E-state index < -0.39 is 6.10 Å². The third-order valence-corrected chi connectivity index (χ3v) is 17.0. The van der Waals surface area contributed by atoms with Crippen LogP contribution in [-0.2, 0) is 28.6 Å². The second-order valence-electron chi connectivity index (χ2n) is 25.2. The molecule has 0 saturated carbocycles. The van der Waals surface area contributed by atoms with E-state index in [0.717, 1.165) is 57.8 Å². The van der Waals surface area contributed by atoms with Crippen molar-refractivity contribution < 1.29 is 28.6 Å². The third-order valence-electron chi connectivity index (χ3n) is 17.0. The van der Waals surface area contributed by atoms with Crippen LogP contribution in [0.4, 0.5) is 0 Å². The lowest BCUT2D eigenvalue weighted by molar-refractivity contribution is -0.167. The van der Waals surface area contributed by atoms with Crippen molar-refractivity contribution in [3.8, 4) is 0 Å². The van der Waals surface area contributed by atoms with Gasteiger partial charge in [-0.25, -0.2) is 0 Å². The first-order valence-corrected chi connectivity index (χ1v) is 36.7. The molecule has 1 atom stereocenters. The number of ether oxygens (including phenoxy) is 3. The Balaban J connectivity index is 3.97. The second-order valence-corrected chi connectivity index (χ2v) is 25.2. The molecule has 1 unspecified atom stereocenters. The van der Waals surface area contributed by atoms with E-state index in [2.05, 4.69) is 32.9 Å². The first kappa shape index (κ1) is 78.1. The third kappa shape index (κ3) is 66.9. The monoisotopic (exact) mass is 1130 g/mol. The number of allylic oxidation sites excluding steroid dienone is 2. The molecule has 0 aliphatic carbocycles. The molecule has 0 aromatic carbocycles. The molecule has 0 aliphatic rings. The van der Waals surface area contributed by atoms with E-state index in [4.69, 9.17) is 14.2 Å². The number of rotatable bonds is 69. The van der Waals surface area contributed by atoms with Gasteiger partial charge in [0.25, 0.3) is 0 Å². The summed E-state index contributed by atoms with van der Waals surface area (Å²) >= 11 is 0. The highest BCUT2D eigenvalue weighted by atomic mass is 16.6. The zero-order chi connectivity index (χ0) is 57.8. The van der Waals surface area contributed by atoms with Crippen molar-refractivity contribution in [3.63, 3.8) is 0 Å². The summed E-state index contributed by atoms with van der Waals surface area (Å²) in [6.45, 7) is 6.70. The number of carbonyl (C=O) groups excluding carboxylic acids is 3. The number of hydrogen-bond acceptors (Lipinski definition) is 6. The summed E-state index contributed by atoms with van der Waals surface area (Å²) in [5.41, 5.74) is 0. The van der Waals surface area contributed by atoms with E-state index in [1.165, 1.54) is 327 Å². The molecule has 0 amide bonds. The normalized spacial score (nSPS) is 12.0. The topological polar surface area (TPSA) is 78.9 Å². The molecule has 0 rings (SSSR count). The van der Waals surface area contributed by atoms with Crippen LogP contribution >= 0.6 is 0 Å². The lowest BCUT2D eigenvalue weighted by Crippen LogP contribution is -2.30. The van der Waals surface area contributed by atoms with Gasteiger partial charge < -0.3 is 14.2 Å². The Hall–Kier alpha value is -1.85. The van der Waals surface area contributed by atoms with E-state index >= 15 is 0 Å². The average Bonchev–Trinajstić information content (AvgIpc) is 3.46. The summed E-state index contributed by atoms with van der Waals surface area (Å²) in [6, 6.07) is 0. The molecule has 6 heteroatoms. The van der Waals surface area contributed by atoms with Crippen LogP contribution in [0, 0.1) is 0 Å². The smallest absolute Gasteiger partial charge is 0.306 e. The Morgan fingerprint density at radius 2 is 0.412 bits per heavy atom. The van der Waals surface area contributed by atoms with E-state index in [1.807, 2.05) is 0 Å². The Labute approximate surface area is 501 Å². The fourth-order valence-corrected chi connectivity index (χ4v) is 11.5. The van der Waals surface area contributed by atoms with Crippen LogP contribution < -0.4 is 0 Å².